The number of halogens is 1. The van der Waals surface area contributed by atoms with Gasteiger partial charge in [0.05, 0.1) is 10.0 Å². The van der Waals surface area contributed by atoms with E-state index in [1.165, 1.54) is 16.2 Å². The van der Waals surface area contributed by atoms with Crippen molar-refractivity contribution in [2.45, 2.75) is 26.2 Å². The molecule has 0 aliphatic heterocycles. The van der Waals surface area contributed by atoms with Crippen molar-refractivity contribution in [1.82, 2.24) is 0 Å². The van der Waals surface area contributed by atoms with Gasteiger partial charge in [0.2, 0.25) is 0 Å². The Morgan fingerprint density at radius 2 is 2.29 bits per heavy atom. The minimum absolute atomic E-state index is 0.0908. The highest BCUT2D eigenvalue weighted by Crippen LogP contribution is 2.39. The lowest BCUT2D eigenvalue weighted by Gasteiger charge is -2.17. The second-order valence-electron chi connectivity index (χ2n) is 5.93. The van der Waals surface area contributed by atoms with Crippen molar-refractivity contribution in [3.8, 4) is 11.8 Å². The largest absolute Gasteiger partial charge is 0.483 e. The molecule has 3 rings (SSSR count). The summed E-state index contributed by atoms with van der Waals surface area (Å²) in [6, 6.07) is 9.64. The molecule has 1 unspecified atom stereocenters. The lowest BCUT2D eigenvalue weighted by atomic mass is 9.89. The molecule has 0 radical (unpaired) electrons. The number of anilines is 1. The Kier molecular flexibility index (Phi) is 5.22. The van der Waals surface area contributed by atoms with Gasteiger partial charge in [0.25, 0.3) is 5.91 Å². The fraction of sp³-hybridized carbons (Fsp3) is 0.333. The SMILES string of the molecule is CC1CCc2c(sc(NC(=O)COc3ccccc3Br)c2C#N)C1. The van der Waals surface area contributed by atoms with Crippen LogP contribution in [0.5, 0.6) is 5.75 Å². The van der Waals surface area contributed by atoms with Crippen LogP contribution in [-0.2, 0) is 17.6 Å². The Hall–Kier alpha value is -1.84. The maximum absolute atomic E-state index is 12.2. The topological polar surface area (TPSA) is 62.1 Å². The van der Waals surface area contributed by atoms with Gasteiger partial charge >= 0.3 is 0 Å². The Bertz CT molecular complexity index is 810. The van der Waals surface area contributed by atoms with Gasteiger partial charge in [-0.2, -0.15) is 5.26 Å². The number of nitrogens with zero attached hydrogens (tertiary/aromatic N) is 1. The van der Waals surface area contributed by atoms with Gasteiger partial charge in [-0.05, 0) is 58.8 Å². The zero-order chi connectivity index (χ0) is 17.1. The first-order valence-corrected chi connectivity index (χ1v) is 9.41. The van der Waals surface area contributed by atoms with Crippen LogP contribution in [0.15, 0.2) is 28.7 Å². The number of nitrogens with one attached hydrogen (secondary N) is 1. The number of ether oxygens (including phenoxy) is 1. The van der Waals surface area contributed by atoms with Crippen LogP contribution in [0.2, 0.25) is 0 Å². The normalized spacial score (nSPS) is 16.1. The molecule has 1 aliphatic rings. The number of para-hydroxylation sites is 1. The van der Waals surface area contributed by atoms with E-state index in [2.05, 4.69) is 34.2 Å². The number of nitriles is 1. The zero-order valence-corrected chi connectivity index (χ0v) is 15.7. The molecule has 1 aliphatic carbocycles. The number of thiophene rings is 1. The molecule has 1 N–H and O–H groups in total. The molecular formula is C18H17BrN2O2S. The van der Waals surface area contributed by atoms with Crippen LogP contribution in [0.25, 0.3) is 0 Å². The van der Waals surface area contributed by atoms with Gasteiger partial charge in [-0.15, -0.1) is 11.3 Å². The molecule has 0 saturated heterocycles. The fourth-order valence-corrected chi connectivity index (χ4v) is 4.60. The van der Waals surface area contributed by atoms with E-state index in [9.17, 15) is 10.1 Å². The van der Waals surface area contributed by atoms with Crippen molar-refractivity contribution in [2.24, 2.45) is 5.92 Å². The number of amides is 1. The predicted octanol–water partition coefficient (Wildman–Crippen LogP) is 4.52. The number of benzene rings is 1. The first kappa shape index (κ1) is 17.0. The van der Waals surface area contributed by atoms with Crippen molar-refractivity contribution in [3.63, 3.8) is 0 Å². The van der Waals surface area contributed by atoms with Crippen LogP contribution in [0.4, 0.5) is 5.00 Å². The van der Waals surface area contributed by atoms with E-state index in [-0.39, 0.29) is 12.5 Å². The van der Waals surface area contributed by atoms with E-state index >= 15 is 0 Å². The smallest absolute Gasteiger partial charge is 0.262 e. The number of fused-ring (bicyclic) bond motifs is 1. The quantitative estimate of drug-likeness (QED) is 0.814. The van der Waals surface area contributed by atoms with Crippen LogP contribution >= 0.6 is 27.3 Å². The number of hydrogen-bond acceptors (Lipinski definition) is 4. The maximum Gasteiger partial charge on any atom is 0.262 e. The lowest BCUT2D eigenvalue weighted by Crippen LogP contribution is -2.20. The highest BCUT2D eigenvalue weighted by molar-refractivity contribution is 9.10. The third-order valence-electron chi connectivity index (χ3n) is 4.07. The number of carbonyl (C=O) groups is 1. The minimum atomic E-state index is -0.256. The van der Waals surface area contributed by atoms with Crippen molar-refractivity contribution < 1.29 is 9.53 Å². The van der Waals surface area contributed by atoms with Gasteiger partial charge in [-0.3, -0.25) is 4.79 Å². The molecule has 0 fully saturated rings. The molecule has 2 aromatic rings. The van der Waals surface area contributed by atoms with Gasteiger partial charge in [0, 0.05) is 4.88 Å². The average Bonchev–Trinajstić information content (AvgIpc) is 2.90. The van der Waals surface area contributed by atoms with E-state index in [0.29, 0.717) is 22.2 Å². The van der Waals surface area contributed by atoms with Crippen LogP contribution < -0.4 is 10.1 Å². The molecule has 0 saturated carbocycles. The predicted molar refractivity (Wildman–Crippen MR) is 98.5 cm³/mol. The lowest BCUT2D eigenvalue weighted by molar-refractivity contribution is -0.118. The van der Waals surface area contributed by atoms with Crippen molar-refractivity contribution in [3.05, 3.63) is 44.7 Å². The molecule has 24 heavy (non-hydrogen) atoms. The summed E-state index contributed by atoms with van der Waals surface area (Å²) in [6.07, 6.45) is 2.99. The number of carbonyl (C=O) groups excluding carboxylic acids is 1. The molecule has 1 aromatic heterocycles. The Morgan fingerprint density at radius 3 is 3.04 bits per heavy atom. The minimum Gasteiger partial charge on any atom is -0.483 e. The van der Waals surface area contributed by atoms with E-state index in [4.69, 9.17) is 4.74 Å². The van der Waals surface area contributed by atoms with Gasteiger partial charge in [-0.1, -0.05) is 19.1 Å². The zero-order valence-electron chi connectivity index (χ0n) is 13.3. The van der Waals surface area contributed by atoms with E-state index < -0.39 is 0 Å². The van der Waals surface area contributed by atoms with Crippen LogP contribution in [-0.4, -0.2) is 12.5 Å². The molecule has 1 amide bonds. The standard InChI is InChI=1S/C18H17BrN2O2S/c1-11-6-7-12-13(9-20)18(24-16(12)8-11)21-17(22)10-23-15-5-3-2-4-14(15)19/h2-5,11H,6-8,10H2,1H3,(H,21,22). The monoisotopic (exact) mass is 404 g/mol. The third-order valence-corrected chi connectivity index (χ3v) is 5.90. The summed E-state index contributed by atoms with van der Waals surface area (Å²) < 4.78 is 6.33. The summed E-state index contributed by atoms with van der Waals surface area (Å²) in [6.45, 7) is 2.13. The Labute approximate surface area is 153 Å². The van der Waals surface area contributed by atoms with Gasteiger partial charge in [0.1, 0.15) is 16.8 Å². The second kappa shape index (κ2) is 7.37. The van der Waals surface area contributed by atoms with E-state index in [1.807, 2.05) is 18.2 Å². The molecule has 4 nitrogen and oxygen atoms in total. The van der Waals surface area contributed by atoms with Crippen LogP contribution in [0.1, 0.15) is 29.3 Å². The summed E-state index contributed by atoms with van der Waals surface area (Å²) in [5.41, 5.74) is 1.73. The molecule has 1 aromatic carbocycles. The summed E-state index contributed by atoms with van der Waals surface area (Å²) in [5, 5.41) is 12.9. The van der Waals surface area contributed by atoms with Crippen molar-refractivity contribution >= 4 is 38.2 Å². The first-order valence-electron chi connectivity index (χ1n) is 7.80. The maximum atomic E-state index is 12.2. The third kappa shape index (κ3) is 3.63. The molecule has 6 heteroatoms. The molecular weight excluding hydrogens is 388 g/mol. The van der Waals surface area contributed by atoms with Crippen molar-refractivity contribution in [1.29, 1.82) is 5.26 Å². The summed E-state index contributed by atoms with van der Waals surface area (Å²) >= 11 is 4.91. The van der Waals surface area contributed by atoms with Crippen LogP contribution in [0.3, 0.4) is 0 Å². The molecule has 0 bridgehead atoms. The van der Waals surface area contributed by atoms with Gasteiger partial charge in [-0.25, -0.2) is 0 Å². The average molecular weight is 405 g/mol. The highest BCUT2D eigenvalue weighted by atomic mass is 79.9. The van der Waals surface area contributed by atoms with Crippen molar-refractivity contribution in [2.75, 3.05) is 11.9 Å². The number of rotatable bonds is 4. The molecule has 124 valence electrons. The molecule has 0 spiro atoms. The number of hydrogen-bond donors (Lipinski definition) is 1. The van der Waals surface area contributed by atoms with E-state index in [1.54, 1.807) is 6.07 Å². The fourth-order valence-electron chi connectivity index (χ4n) is 2.82. The first-order chi connectivity index (χ1) is 11.6. The summed E-state index contributed by atoms with van der Waals surface area (Å²) in [5.74, 6) is 0.992. The molecule has 1 atom stereocenters. The highest BCUT2D eigenvalue weighted by Gasteiger charge is 2.24. The van der Waals surface area contributed by atoms with Gasteiger partial charge < -0.3 is 10.1 Å². The van der Waals surface area contributed by atoms with E-state index in [0.717, 1.165) is 29.3 Å². The Morgan fingerprint density at radius 1 is 1.50 bits per heavy atom. The Balaban J connectivity index is 1.69. The summed E-state index contributed by atoms with van der Waals surface area (Å²) in [4.78, 5) is 13.4. The second-order valence-corrected chi connectivity index (χ2v) is 7.89. The molecule has 1 heterocycles. The summed E-state index contributed by atoms with van der Waals surface area (Å²) in [7, 11) is 0. The van der Waals surface area contributed by atoms with Gasteiger partial charge in [0.15, 0.2) is 6.61 Å². The van der Waals surface area contributed by atoms with Crippen LogP contribution in [0, 0.1) is 17.2 Å².